The lowest BCUT2D eigenvalue weighted by Gasteiger charge is -2.38. The first kappa shape index (κ1) is 22.6. The second-order valence-electron chi connectivity index (χ2n) is 7.37. The first-order chi connectivity index (χ1) is 14.5. The lowest BCUT2D eigenvalue weighted by Crippen LogP contribution is -2.40. The summed E-state index contributed by atoms with van der Waals surface area (Å²) in [6.45, 7) is -0.0222. The Kier molecular flexibility index (Phi) is 6.02. The van der Waals surface area contributed by atoms with E-state index in [1.54, 1.807) is 0 Å². The Morgan fingerprint density at radius 1 is 0.935 bits per heavy atom. The van der Waals surface area contributed by atoms with Gasteiger partial charge in [-0.3, -0.25) is 0 Å². The van der Waals surface area contributed by atoms with Crippen LogP contribution in [0.3, 0.4) is 0 Å². The summed E-state index contributed by atoms with van der Waals surface area (Å²) < 4.78 is 84.2. The van der Waals surface area contributed by atoms with Gasteiger partial charge in [-0.25, -0.2) is 0 Å². The molecule has 0 bridgehead atoms. The van der Waals surface area contributed by atoms with E-state index < -0.39 is 40.9 Å². The van der Waals surface area contributed by atoms with Crippen LogP contribution in [0.25, 0.3) is 0 Å². The number of hydrogen-bond acceptors (Lipinski definition) is 3. The number of nitriles is 2. The summed E-state index contributed by atoms with van der Waals surface area (Å²) in [5, 5.41) is 19.5. The summed E-state index contributed by atoms with van der Waals surface area (Å²) in [6.07, 6.45) is -10.2. The summed E-state index contributed by atoms with van der Waals surface area (Å²) in [5.41, 5.74) is -2.98. The fourth-order valence-electron chi connectivity index (χ4n) is 3.81. The zero-order chi connectivity index (χ0) is 22.9. The van der Waals surface area contributed by atoms with E-state index in [1.807, 2.05) is 6.07 Å². The highest BCUT2D eigenvalue weighted by atomic mass is 19.4. The topological polar surface area (TPSA) is 56.8 Å². The molecule has 1 heterocycles. The minimum absolute atomic E-state index is 0.0222. The van der Waals surface area contributed by atoms with Gasteiger partial charge in [-0.2, -0.15) is 36.9 Å². The highest BCUT2D eigenvalue weighted by Crippen LogP contribution is 2.43. The van der Waals surface area contributed by atoms with Crippen LogP contribution in [0.1, 0.15) is 41.0 Å². The Balaban J connectivity index is 1.96. The Labute approximate surface area is 174 Å². The summed E-state index contributed by atoms with van der Waals surface area (Å²) in [7, 11) is 0. The summed E-state index contributed by atoms with van der Waals surface area (Å²) in [5.74, 6) is -1.12. The van der Waals surface area contributed by atoms with Gasteiger partial charge in [0.15, 0.2) is 0 Å². The van der Waals surface area contributed by atoms with Crippen LogP contribution in [-0.2, 0) is 22.5 Å². The third-order valence-electron chi connectivity index (χ3n) is 5.45. The molecule has 3 nitrogen and oxygen atoms in total. The average molecular weight is 438 g/mol. The van der Waals surface area contributed by atoms with E-state index in [4.69, 9.17) is 4.74 Å². The van der Waals surface area contributed by atoms with Gasteiger partial charge >= 0.3 is 12.4 Å². The van der Waals surface area contributed by atoms with Gasteiger partial charge in [0.1, 0.15) is 0 Å². The maximum atomic E-state index is 13.1. The van der Waals surface area contributed by atoms with E-state index in [-0.39, 0.29) is 30.6 Å². The van der Waals surface area contributed by atoms with E-state index in [2.05, 4.69) is 6.07 Å². The fraction of sp³-hybridized carbons (Fsp3) is 0.364. The van der Waals surface area contributed by atoms with Crippen molar-refractivity contribution in [1.29, 1.82) is 10.5 Å². The van der Waals surface area contributed by atoms with Crippen LogP contribution in [0.2, 0.25) is 0 Å². The van der Waals surface area contributed by atoms with E-state index >= 15 is 0 Å². The van der Waals surface area contributed by atoms with Crippen molar-refractivity contribution in [2.45, 2.75) is 42.6 Å². The van der Waals surface area contributed by atoms with Gasteiger partial charge in [0, 0.05) is 6.61 Å². The Morgan fingerprint density at radius 3 is 2.13 bits per heavy atom. The quantitative estimate of drug-likeness (QED) is 0.555. The minimum Gasteiger partial charge on any atom is -0.376 e. The van der Waals surface area contributed by atoms with Gasteiger partial charge in [0.25, 0.3) is 0 Å². The molecule has 0 saturated carbocycles. The second-order valence-corrected chi connectivity index (χ2v) is 7.37. The molecule has 3 atom stereocenters. The molecule has 9 heteroatoms. The molecule has 3 unspecified atom stereocenters. The third-order valence-corrected chi connectivity index (χ3v) is 5.45. The predicted molar refractivity (Wildman–Crippen MR) is 97.5 cm³/mol. The van der Waals surface area contributed by atoms with Crippen LogP contribution in [0, 0.1) is 22.7 Å². The number of alkyl halides is 6. The van der Waals surface area contributed by atoms with E-state index in [9.17, 15) is 36.9 Å². The monoisotopic (exact) mass is 438 g/mol. The molecule has 2 aromatic carbocycles. The van der Waals surface area contributed by atoms with E-state index in [0.29, 0.717) is 0 Å². The number of halogens is 6. The molecule has 1 aliphatic rings. The standard InChI is InChI=1S/C22H16F6N2O/c23-21(24,25)16-5-1-3-14(9-16)18(12-29)19-11-20(13-30,7-8-31-19)15-4-2-6-17(10-15)22(26,27)28/h1-6,9-10,18-19H,7-8,11H2. The first-order valence-corrected chi connectivity index (χ1v) is 9.27. The van der Waals surface area contributed by atoms with Crippen LogP contribution in [0.5, 0.6) is 0 Å². The van der Waals surface area contributed by atoms with Crippen LogP contribution in [-0.4, -0.2) is 12.7 Å². The number of hydrogen-bond donors (Lipinski definition) is 0. The number of nitrogens with zero attached hydrogens (tertiary/aromatic N) is 2. The minimum atomic E-state index is -4.60. The maximum absolute atomic E-state index is 13.1. The second kappa shape index (κ2) is 8.24. The first-order valence-electron chi connectivity index (χ1n) is 9.27. The Bertz CT molecular complexity index is 1030. The van der Waals surface area contributed by atoms with Gasteiger partial charge < -0.3 is 4.74 Å². The zero-order valence-electron chi connectivity index (χ0n) is 16.0. The van der Waals surface area contributed by atoms with Gasteiger partial charge in [-0.1, -0.05) is 36.4 Å². The average Bonchev–Trinajstić information content (AvgIpc) is 2.73. The smallest absolute Gasteiger partial charge is 0.376 e. The highest BCUT2D eigenvalue weighted by Gasteiger charge is 2.43. The lowest BCUT2D eigenvalue weighted by atomic mass is 9.70. The van der Waals surface area contributed by atoms with E-state index in [1.165, 1.54) is 24.3 Å². The third kappa shape index (κ3) is 4.67. The van der Waals surface area contributed by atoms with Crippen molar-refractivity contribution < 1.29 is 31.1 Å². The SMILES string of the molecule is N#CC(c1cccc(C(F)(F)F)c1)C1CC(C#N)(c2cccc(C(F)(F)F)c2)CCO1. The van der Waals surface area contributed by atoms with Gasteiger partial charge in [0.05, 0.1) is 40.7 Å². The normalized spacial score (nSPS) is 22.9. The zero-order valence-corrected chi connectivity index (χ0v) is 16.0. The highest BCUT2D eigenvalue weighted by molar-refractivity contribution is 5.39. The van der Waals surface area contributed by atoms with Crippen LogP contribution >= 0.6 is 0 Å². The lowest BCUT2D eigenvalue weighted by molar-refractivity contribution is -0.138. The summed E-state index contributed by atoms with van der Waals surface area (Å²) in [6, 6.07) is 12.7. The van der Waals surface area contributed by atoms with Crippen molar-refractivity contribution in [3.63, 3.8) is 0 Å². The predicted octanol–water partition coefficient (Wildman–Crippen LogP) is 5.97. The molecule has 0 spiro atoms. The van der Waals surface area contributed by atoms with Crippen LogP contribution in [0.4, 0.5) is 26.3 Å². The summed E-state index contributed by atoms with van der Waals surface area (Å²) >= 11 is 0. The van der Waals surface area contributed by atoms with Crippen LogP contribution in [0.15, 0.2) is 48.5 Å². The molecule has 0 amide bonds. The molecule has 31 heavy (non-hydrogen) atoms. The number of ether oxygens (including phenoxy) is 1. The van der Waals surface area contributed by atoms with Crippen molar-refractivity contribution >= 4 is 0 Å². The Hall–Kier alpha value is -3.04. The molecule has 1 fully saturated rings. The molecule has 1 aliphatic heterocycles. The van der Waals surface area contributed by atoms with Gasteiger partial charge in [-0.05, 0) is 36.1 Å². The fourth-order valence-corrected chi connectivity index (χ4v) is 3.81. The molecular weight excluding hydrogens is 422 g/mol. The molecule has 0 aliphatic carbocycles. The van der Waals surface area contributed by atoms with Crippen molar-refractivity contribution in [3.05, 3.63) is 70.8 Å². The summed E-state index contributed by atoms with van der Waals surface area (Å²) in [4.78, 5) is 0. The van der Waals surface area contributed by atoms with Crippen molar-refractivity contribution in [1.82, 2.24) is 0 Å². The van der Waals surface area contributed by atoms with Crippen molar-refractivity contribution in [3.8, 4) is 12.1 Å². The van der Waals surface area contributed by atoms with Crippen molar-refractivity contribution in [2.24, 2.45) is 0 Å². The number of rotatable bonds is 3. The molecule has 162 valence electrons. The Morgan fingerprint density at radius 2 is 1.55 bits per heavy atom. The van der Waals surface area contributed by atoms with Crippen molar-refractivity contribution in [2.75, 3.05) is 6.61 Å². The molecule has 2 aromatic rings. The molecule has 0 aromatic heterocycles. The molecule has 0 radical (unpaired) electrons. The van der Waals surface area contributed by atoms with Gasteiger partial charge in [-0.15, -0.1) is 0 Å². The maximum Gasteiger partial charge on any atom is 0.416 e. The molecule has 0 N–H and O–H groups in total. The van der Waals surface area contributed by atoms with Gasteiger partial charge in [0.2, 0.25) is 0 Å². The van der Waals surface area contributed by atoms with Crippen LogP contribution < -0.4 is 0 Å². The van der Waals surface area contributed by atoms with E-state index in [0.717, 1.165) is 24.3 Å². The largest absolute Gasteiger partial charge is 0.416 e. The molecular formula is C22H16F6N2O. The molecule has 1 saturated heterocycles. The molecule has 3 rings (SSSR count). The number of benzene rings is 2.